The zero-order valence-corrected chi connectivity index (χ0v) is 12.0. The fourth-order valence-electron chi connectivity index (χ4n) is 1.64. The molecule has 0 aromatic carbocycles. The number of esters is 1. The summed E-state index contributed by atoms with van der Waals surface area (Å²) in [7, 11) is 0. The lowest BCUT2D eigenvalue weighted by Crippen LogP contribution is -2.31. The predicted octanol–water partition coefficient (Wildman–Crippen LogP) is 3.39. The summed E-state index contributed by atoms with van der Waals surface area (Å²) in [4.78, 5) is 20.7. The third-order valence-electron chi connectivity index (χ3n) is 3.26. The van der Waals surface area contributed by atoms with Crippen molar-refractivity contribution in [2.75, 3.05) is 0 Å². The Kier molecular flexibility index (Phi) is 7.64. The molecule has 1 aliphatic carbocycles. The Morgan fingerprint density at radius 3 is 2.06 bits per heavy atom. The molecule has 1 saturated carbocycles. The number of carboxylic acids is 1. The van der Waals surface area contributed by atoms with Crippen LogP contribution in [0.1, 0.15) is 66.2 Å². The molecule has 18 heavy (non-hydrogen) atoms. The number of hydrogen-bond acceptors (Lipinski definition) is 3. The van der Waals surface area contributed by atoms with Crippen LogP contribution in [-0.4, -0.2) is 23.1 Å². The summed E-state index contributed by atoms with van der Waals surface area (Å²) in [5, 5.41) is 7.42. The molecular formula is C14H26O4. The first-order chi connectivity index (χ1) is 8.29. The largest absolute Gasteiger partial charge is 0.481 e. The summed E-state index contributed by atoms with van der Waals surface area (Å²) in [6, 6.07) is 0. The molecule has 0 atom stereocenters. The van der Waals surface area contributed by atoms with Crippen molar-refractivity contribution in [3.05, 3.63) is 0 Å². The molecule has 106 valence electrons. The van der Waals surface area contributed by atoms with Gasteiger partial charge in [-0.2, -0.15) is 0 Å². The van der Waals surface area contributed by atoms with Crippen molar-refractivity contribution in [1.29, 1.82) is 0 Å². The molecule has 0 aliphatic heterocycles. The first-order valence-electron chi connectivity index (χ1n) is 6.70. The highest BCUT2D eigenvalue weighted by molar-refractivity contribution is 5.75. The van der Waals surface area contributed by atoms with E-state index in [9.17, 15) is 4.79 Å². The van der Waals surface area contributed by atoms with Gasteiger partial charge in [0.2, 0.25) is 0 Å². The van der Waals surface area contributed by atoms with Gasteiger partial charge in [0, 0.05) is 6.92 Å². The number of rotatable bonds is 3. The molecule has 0 unspecified atom stereocenters. The van der Waals surface area contributed by atoms with Crippen LogP contribution in [0.4, 0.5) is 0 Å². The lowest BCUT2D eigenvalue weighted by molar-refractivity contribution is -0.161. The van der Waals surface area contributed by atoms with Crippen LogP contribution in [0.2, 0.25) is 0 Å². The summed E-state index contributed by atoms with van der Waals surface area (Å²) in [6.45, 7) is 7.03. The fraction of sp³-hybridized carbons (Fsp3) is 0.857. The Hall–Kier alpha value is -1.06. The van der Waals surface area contributed by atoms with E-state index in [-0.39, 0.29) is 17.5 Å². The number of aliphatic carboxylic acids is 1. The van der Waals surface area contributed by atoms with Crippen LogP contribution in [0.3, 0.4) is 0 Å². The van der Waals surface area contributed by atoms with Crippen molar-refractivity contribution in [1.82, 2.24) is 0 Å². The molecule has 0 aromatic heterocycles. The van der Waals surface area contributed by atoms with E-state index in [1.54, 1.807) is 0 Å². The van der Waals surface area contributed by atoms with E-state index in [2.05, 4.69) is 0 Å². The maximum atomic E-state index is 11.7. The number of carbonyl (C=O) groups excluding carboxylic acids is 1. The van der Waals surface area contributed by atoms with Gasteiger partial charge in [0.05, 0.1) is 5.41 Å². The van der Waals surface area contributed by atoms with Gasteiger partial charge in [0.1, 0.15) is 6.10 Å². The average molecular weight is 258 g/mol. The second-order valence-corrected chi connectivity index (χ2v) is 5.42. The quantitative estimate of drug-likeness (QED) is 0.788. The monoisotopic (exact) mass is 258 g/mol. The van der Waals surface area contributed by atoms with E-state index in [1.165, 1.54) is 19.3 Å². The van der Waals surface area contributed by atoms with Crippen LogP contribution >= 0.6 is 0 Å². The van der Waals surface area contributed by atoms with Crippen LogP contribution in [-0.2, 0) is 14.3 Å². The molecule has 0 radical (unpaired) electrons. The maximum Gasteiger partial charge on any atom is 0.311 e. The lowest BCUT2D eigenvalue weighted by Gasteiger charge is -2.27. The zero-order valence-electron chi connectivity index (χ0n) is 12.0. The van der Waals surface area contributed by atoms with Crippen molar-refractivity contribution in [2.24, 2.45) is 5.41 Å². The summed E-state index contributed by atoms with van der Waals surface area (Å²) in [5.74, 6) is -0.855. The molecule has 1 fully saturated rings. The Morgan fingerprint density at radius 1 is 1.22 bits per heavy atom. The van der Waals surface area contributed by atoms with Crippen LogP contribution in [0.15, 0.2) is 0 Å². The average Bonchev–Trinajstić information content (AvgIpc) is 2.29. The molecule has 0 amide bonds. The molecule has 4 heteroatoms. The molecule has 1 rings (SSSR count). The van der Waals surface area contributed by atoms with Crippen LogP contribution < -0.4 is 0 Å². The Bertz CT molecular complexity index is 261. The minimum atomic E-state index is -0.833. The number of hydrogen-bond donors (Lipinski definition) is 1. The van der Waals surface area contributed by atoms with Crippen LogP contribution in [0.25, 0.3) is 0 Å². The Morgan fingerprint density at radius 2 is 1.67 bits per heavy atom. The van der Waals surface area contributed by atoms with Gasteiger partial charge in [-0.25, -0.2) is 0 Å². The van der Waals surface area contributed by atoms with E-state index >= 15 is 0 Å². The summed E-state index contributed by atoms with van der Waals surface area (Å²) in [6.07, 6.45) is 6.89. The molecule has 4 nitrogen and oxygen atoms in total. The molecule has 1 N–H and O–H groups in total. The number of carboxylic acid groups (broad SMARTS) is 1. The van der Waals surface area contributed by atoms with Crippen molar-refractivity contribution in [3.8, 4) is 0 Å². The van der Waals surface area contributed by atoms with Gasteiger partial charge in [-0.15, -0.1) is 0 Å². The number of ether oxygens (including phenoxy) is 1. The highest BCUT2D eigenvalue weighted by atomic mass is 16.5. The number of carbonyl (C=O) groups is 2. The van der Waals surface area contributed by atoms with Crippen LogP contribution in [0.5, 0.6) is 0 Å². The van der Waals surface area contributed by atoms with Gasteiger partial charge in [-0.1, -0.05) is 13.3 Å². The van der Waals surface area contributed by atoms with Crippen molar-refractivity contribution in [3.63, 3.8) is 0 Å². The molecule has 0 saturated heterocycles. The van der Waals surface area contributed by atoms with Gasteiger partial charge in [-0.3, -0.25) is 9.59 Å². The van der Waals surface area contributed by atoms with E-state index in [0.717, 1.165) is 26.2 Å². The fourth-order valence-corrected chi connectivity index (χ4v) is 1.64. The van der Waals surface area contributed by atoms with Gasteiger partial charge in [-0.05, 0) is 46.0 Å². The highest BCUT2D eigenvalue weighted by Gasteiger charge is 2.29. The maximum absolute atomic E-state index is 11.7. The zero-order chi connectivity index (χ0) is 14.2. The van der Waals surface area contributed by atoms with Gasteiger partial charge >= 0.3 is 5.97 Å². The third kappa shape index (κ3) is 7.30. The van der Waals surface area contributed by atoms with Crippen LogP contribution in [0, 0.1) is 5.41 Å². The first kappa shape index (κ1) is 16.9. The molecular weight excluding hydrogens is 232 g/mol. The van der Waals surface area contributed by atoms with Gasteiger partial charge in [0.15, 0.2) is 0 Å². The van der Waals surface area contributed by atoms with E-state index in [1.807, 2.05) is 20.8 Å². The molecule has 0 aromatic rings. The van der Waals surface area contributed by atoms with E-state index < -0.39 is 5.97 Å². The molecule has 0 spiro atoms. The van der Waals surface area contributed by atoms with E-state index in [0.29, 0.717) is 0 Å². The first-order valence-corrected chi connectivity index (χ1v) is 6.70. The smallest absolute Gasteiger partial charge is 0.311 e. The molecule has 1 aliphatic rings. The predicted molar refractivity (Wildman–Crippen MR) is 70.3 cm³/mol. The SMILES string of the molecule is CC(=O)O.CCC(C)(C)C(=O)OC1CCCCC1. The molecule has 0 heterocycles. The normalized spacial score (nSPS) is 16.4. The second-order valence-electron chi connectivity index (χ2n) is 5.42. The standard InChI is InChI=1S/C12H22O2.C2H4O2/c1-4-12(2,3)11(13)14-10-8-6-5-7-9-10;1-2(3)4/h10H,4-9H2,1-3H3;1H3,(H,3,4). The second kappa shape index (κ2) is 8.11. The lowest BCUT2D eigenvalue weighted by atomic mass is 9.90. The van der Waals surface area contributed by atoms with Gasteiger partial charge in [0.25, 0.3) is 5.97 Å². The minimum Gasteiger partial charge on any atom is -0.481 e. The minimum absolute atomic E-state index is 0.0214. The Labute approximate surface area is 110 Å². The highest BCUT2D eigenvalue weighted by Crippen LogP contribution is 2.26. The molecule has 0 bridgehead atoms. The van der Waals surface area contributed by atoms with Crippen molar-refractivity contribution >= 4 is 11.9 Å². The summed E-state index contributed by atoms with van der Waals surface area (Å²) < 4.78 is 5.51. The third-order valence-corrected chi connectivity index (χ3v) is 3.26. The van der Waals surface area contributed by atoms with Crippen molar-refractivity contribution < 1.29 is 19.4 Å². The van der Waals surface area contributed by atoms with Crippen molar-refractivity contribution in [2.45, 2.75) is 72.3 Å². The van der Waals surface area contributed by atoms with E-state index in [4.69, 9.17) is 14.6 Å². The summed E-state index contributed by atoms with van der Waals surface area (Å²) in [5.41, 5.74) is -0.308. The van der Waals surface area contributed by atoms with Gasteiger partial charge < -0.3 is 9.84 Å². The Balaban J connectivity index is 0.000000631. The topological polar surface area (TPSA) is 63.6 Å². The summed E-state index contributed by atoms with van der Waals surface area (Å²) >= 11 is 0.